The minimum atomic E-state index is -0.247. The maximum Gasteiger partial charge on any atom is 0.287 e. The number of nitrogens with zero attached hydrogens (tertiary/aromatic N) is 2. The van der Waals surface area contributed by atoms with Crippen molar-refractivity contribution in [1.29, 1.82) is 0 Å². The van der Waals surface area contributed by atoms with Gasteiger partial charge in [0, 0.05) is 18.0 Å². The molecule has 0 aliphatic carbocycles. The molecule has 2 aromatic carbocycles. The smallest absolute Gasteiger partial charge is 0.287 e. The molecule has 0 bridgehead atoms. The fourth-order valence-corrected chi connectivity index (χ4v) is 2.45. The van der Waals surface area contributed by atoms with Gasteiger partial charge < -0.3 is 9.30 Å². The summed E-state index contributed by atoms with van der Waals surface area (Å²) in [6, 6.07) is 17.2. The van der Waals surface area contributed by atoms with Gasteiger partial charge in [0.1, 0.15) is 11.4 Å². The molecule has 3 rings (SSSR count). The summed E-state index contributed by atoms with van der Waals surface area (Å²) in [6.07, 6.45) is 1.59. The summed E-state index contributed by atoms with van der Waals surface area (Å²) in [4.78, 5) is 12.3. The number of carbonyl (C=O) groups excluding carboxylic acids is 1. The number of hydrazone groups is 1. The first-order chi connectivity index (χ1) is 11.2. The maximum absolute atomic E-state index is 12.3. The van der Waals surface area contributed by atoms with E-state index >= 15 is 0 Å². The van der Waals surface area contributed by atoms with Crippen LogP contribution < -0.4 is 10.2 Å². The van der Waals surface area contributed by atoms with Crippen LogP contribution in [-0.4, -0.2) is 23.8 Å². The zero-order valence-electron chi connectivity index (χ0n) is 13.0. The van der Waals surface area contributed by atoms with Crippen LogP contribution in [0.2, 0.25) is 0 Å². The summed E-state index contributed by atoms with van der Waals surface area (Å²) < 4.78 is 7.00. The summed E-state index contributed by atoms with van der Waals surface area (Å²) in [5.41, 5.74) is 4.98. The zero-order chi connectivity index (χ0) is 16.2. The highest BCUT2D eigenvalue weighted by atomic mass is 16.5. The molecule has 0 spiro atoms. The Bertz CT molecular complexity index is 881. The Morgan fingerprint density at radius 3 is 2.78 bits per heavy atom. The summed E-state index contributed by atoms with van der Waals surface area (Å²) >= 11 is 0. The first-order valence-corrected chi connectivity index (χ1v) is 7.21. The standard InChI is InChI=1S/C18H17N3O2/c1-21-16-9-4-3-7-14(16)11-17(21)18(22)20-19-12-13-6-5-8-15(10-13)23-2/h3-12H,1-2H3,(H,20,22)/b19-12+. The van der Waals surface area contributed by atoms with Crippen molar-refractivity contribution < 1.29 is 9.53 Å². The molecule has 0 saturated carbocycles. The van der Waals surface area contributed by atoms with Crippen LogP contribution in [0.15, 0.2) is 59.7 Å². The number of carbonyl (C=O) groups is 1. The second-order valence-corrected chi connectivity index (χ2v) is 5.12. The van der Waals surface area contributed by atoms with E-state index in [2.05, 4.69) is 10.5 Å². The molecule has 1 N–H and O–H groups in total. The number of aromatic nitrogens is 1. The van der Waals surface area contributed by atoms with Crippen molar-refractivity contribution in [3.63, 3.8) is 0 Å². The molecule has 1 amide bonds. The van der Waals surface area contributed by atoms with Gasteiger partial charge in [0.2, 0.25) is 0 Å². The van der Waals surface area contributed by atoms with Gasteiger partial charge in [0.05, 0.1) is 13.3 Å². The van der Waals surface area contributed by atoms with Gasteiger partial charge in [-0.15, -0.1) is 0 Å². The van der Waals surface area contributed by atoms with Gasteiger partial charge in [-0.2, -0.15) is 5.10 Å². The number of hydrogen-bond acceptors (Lipinski definition) is 3. The van der Waals surface area contributed by atoms with Gasteiger partial charge >= 0.3 is 0 Å². The number of hydrogen-bond donors (Lipinski definition) is 1. The molecular formula is C18H17N3O2. The molecule has 1 aromatic heterocycles. The fourth-order valence-electron chi connectivity index (χ4n) is 2.45. The lowest BCUT2D eigenvalue weighted by Crippen LogP contribution is -2.20. The molecule has 116 valence electrons. The molecule has 0 unspecified atom stereocenters. The lowest BCUT2D eigenvalue weighted by Gasteiger charge is -2.03. The van der Waals surface area contributed by atoms with E-state index < -0.39 is 0 Å². The molecule has 5 heteroatoms. The Balaban J connectivity index is 1.75. The first-order valence-electron chi connectivity index (χ1n) is 7.21. The molecule has 0 atom stereocenters. The number of para-hydroxylation sites is 1. The largest absolute Gasteiger partial charge is 0.497 e. The Hall–Kier alpha value is -3.08. The molecule has 0 aliphatic rings. The molecule has 5 nitrogen and oxygen atoms in total. The van der Waals surface area contributed by atoms with E-state index in [0.29, 0.717) is 5.69 Å². The minimum Gasteiger partial charge on any atom is -0.497 e. The first kappa shape index (κ1) is 14.8. The third-order valence-corrected chi connectivity index (χ3v) is 3.66. The average molecular weight is 307 g/mol. The van der Waals surface area contributed by atoms with Crippen LogP contribution in [0.5, 0.6) is 5.75 Å². The lowest BCUT2D eigenvalue weighted by atomic mass is 10.2. The van der Waals surface area contributed by atoms with Crippen molar-refractivity contribution >= 4 is 23.0 Å². The van der Waals surface area contributed by atoms with Gasteiger partial charge in [-0.1, -0.05) is 30.3 Å². The van der Waals surface area contributed by atoms with Crippen LogP contribution in [0.4, 0.5) is 0 Å². The van der Waals surface area contributed by atoms with Crippen molar-refractivity contribution in [2.45, 2.75) is 0 Å². The average Bonchev–Trinajstić information content (AvgIpc) is 2.92. The minimum absolute atomic E-state index is 0.247. The van der Waals surface area contributed by atoms with Gasteiger partial charge in [0.25, 0.3) is 5.91 Å². The highest BCUT2D eigenvalue weighted by Gasteiger charge is 2.12. The SMILES string of the molecule is COc1cccc(/C=N/NC(=O)c2cc3ccccc3n2C)c1. The topological polar surface area (TPSA) is 55.6 Å². The zero-order valence-corrected chi connectivity index (χ0v) is 13.0. The number of benzene rings is 2. The number of nitrogens with one attached hydrogen (secondary N) is 1. The highest BCUT2D eigenvalue weighted by molar-refractivity contribution is 5.99. The predicted molar refractivity (Wildman–Crippen MR) is 91.0 cm³/mol. The predicted octanol–water partition coefficient (Wildman–Crippen LogP) is 2.95. The lowest BCUT2D eigenvalue weighted by molar-refractivity contribution is 0.0947. The van der Waals surface area contributed by atoms with Crippen LogP contribution in [0.3, 0.4) is 0 Å². The second kappa shape index (κ2) is 6.36. The van der Waals surface area contributed by atoms with Crippen LogP contribution >= 0.6 is 0 Å². The molecule has 0 aliphatic heterocycles. The summed E-state index contributed by atoms with van der Waals surface area (Å²) in [5.74, 6) is 0.497. The quantitative estimate of drug-likeness (QED) is 0.595. The number of amides is 1. The summed E-state index contributed by atoms with van der Waals surface area (Å²) in [5, 5.41) is 5.04. The van der Waals surface area contributed by atoms with Crippen molar-refractivity contribution in [3.8, 4) is 5.75 Å². The number of methoxy groups -OCH3 is 1. The number of rotatable bonds is 4. The van der Waals surface area contributed by atoms with Crippen LogP contribution in [0.25, 0.3) is 10.9 Å². The van der Waals surface area contributed by atoms with Crippen LogP contribution in [-0.2, 0) is 7.05 Å². The van der Waals surface area contributed by atoms with Crippen LogP contribution in [0.1, 0.15) is 16.1 Å². The summed E-state index contributed by atoms with van der Waals surface area (Å²) in [6.45, 7) is 0. The van der Waals surface area contributed by atoms with Crippen molar-refractivity contribution in [2.24, 2.45) is 12.1 Å². The molecule has 0 saturated heterocycles. The van der Waals surface area contributed by atoms with E-state index in [4.69, 9.17) is 4.74 Å². The van der Waals surface area contributed by atoms with Crippen LogP contribution in [0, 0.1) is 0 Å². The van der Waals surface area contributed by atoms with Crippen molar-refractivity contribution in [2.75, 3.05) is 7.11 Å². The van der Waals surface area contributed by atoms with Gasteiger partial charge in [-0.3, -0.25) is 4.79 Å². The van der Waals surface area contributed by atoms with E-state index in [0.717, 1.165) is 22.2 Å². The van der Waals surface area contributed by atoms with E-state index in [1.807, 2.05) is 66.2 Å². The second-order valence-electron chi connectivity index (χ2n) is 5.12. The Kier molecular flexibility index (Phi) is 4.10. The fraction of sp³-hybridized carbons (Fsp3) is 0.111. The maximum atomic E-state index is 12.3. The molecule has 23 heavy (non-hydrogen) atoms. The molecule has 0 fully saturated rings. The Morgan fingerprint density at radius 1 is 1.17 bits per heavy atom. The van der Waals surface area contributed by atoms with E-state index in [9.17, 15) is 4.79 Å². The summed E-state index contributed by atoms with van der Waals surface area (Å²) in [7, 11) is 3.47. The Morgan fingerprint density at radius 2 is 2.00 bits per heavy atom. The third kappa shape index (κ3) is 3.08. The Labute approximate surface area is 134 Å². The van der Waals surface area contributed by atoms with Gasteiger partial charge in [-0.25, -0.2) is 5.43 Å². The van der Waals surface area contributed by atoms with Crippen molar-refractivity contribution in [3.05, 3.63) is 65.9 Å². The molecule has 3 aromatic rings. The van der Waals surface area contributed by atoms with E-state index in [-0.39, 0.29) is 5.91 Å². The third-order valence-electron chi connectivity index (χ3n) is 3.66. The number of fused-ring (bicyclic) bond motifs is 1. The molecule has 1 heterocycles. The van der Waals surface area contributed by atoms with Gasteiger partial charge in [0.15, 0.2) is 0 Å². The molecular weight excluding hydrogens is 290 g/mol. The highest BCUT2D eigenvalue weighted by Crippen LogP contribution is 2.18. The van der Waals surface area contributed by atoms with E-state index in [1.165, 1.54) is 0 Å². The van der Waals surface area contributed by atoms with E-state index in [1.54, 1.807) is 13.3 Å². The monoisotopic (exact) mass is 307 g/mol. The normalized spacial score (nSPS) is 11.0. The number of aryl methyl sites for hydroxylation is 1. The number of ether oxygens (including phenoxy) is 1. The van der Waals surface area contributed by atoms with Crippen molar-refractivity contribution in [1.82, 2.24) is 9.99 Å². The van der Waals surface area contributed by atoms with Gasteiger partial charge in [-0.05, 0) is 29.8 Å². The molecule has 0 radical (unpaired) electrons.